The summed E-state index contributed by atoms with van der Waals surface area (Å²) in [5.41, 5.74) is 5.47. The van der Waals surface area contributed by atoms with E-state index in [1.807, 2.05) is 0 Å². The van der Waals surface area contributed by atoms with Gasteiger partial charge in [-0.1, -0.05) is 74.7 Å². The summed E-state index contributed by atoms with van der Waals surface area (Å²) in [5, 5.41) is 0. The van der Waals surface area contributed by atoms with Crippen LogP contribution in [0.2, 0.25) is 0 Å². The number of halogens is 1. The van der Waals surface area contributed by atoms with E-state index in [0.717, 1.165) is 56.7 Å². The first-order valence-electron chi connectivity index (χ1n) is 13.9. The highest BCUT2D eigenvalue weighted by Gasteiger charge is 2.30. The summed E-state index contributed by atoms with van der Waals surface area (Å²) in [7, 11) is 0. The number of rotatable bonds is 10. The van der Waals surface area contributed by atoms with E-state index in [1.165, 1.54) is 60.8 Å². The maximum absolute atomic E-state index is 13.0. The van der Waals surface area contributed by atoms with Crippen LogP contribution in [-0.2, 0) is 11.2 Å². The van der Waals surface area contributed by atoms with E-state index in [2.05, 4.69) is 55.5 Å². The highest BCUT2D eigenvalue weighted by atomic mass is 35.5. The predicted molar refractivity (Wildman–Crippen MR) is 146 cm³/mol. The molecule has 0 aliphatic heterocycles. The molecule has 2 aliphatic carbocycles. The molecule has 2 aromatic rings. The molecule has 0 spiro atoms. The average Bonchev–Trinajstić information content (AvgIpc) is 2.89. The van der Waals surface area contributed by atoms with Crippen LogP contribution in [-0.4, -0.2) is 11.7 Å². The van der Waals surface area contributed by atoms with E-state index in [-0.39, 0.29) is 0 Å². The highest BCUT2D eigenvalue weighted by Crippen LogP contribution is 2.39. The van der Waals surface area contributed by atoms with Gasteiger partial charge < -0.3 is 0 Å². The van der Waals surface area contributed by atoms with E-state index in [0.29, 0.717) is 23.5 Å². The van der Waals surface area contributed by atoms with Gasteiger partial charge in [0.2, 0.25) is 0 Å². The van der Waals surface area contributed by atoms with Gasteiger partial charge in [-0.15, -0.1) is 11.6 Å². The lowest BCUT2D eigenvalue weighted by atomic mass is 9.73. The summed E-state index contributed by atoms with van der Waals surface area (Å²) in [4.78, 5) is 13.0. The van der Waals surface area contributed by atoms with Crippen molar-refractivity contribution in [3.8, 4) is 11.1 Å². The molecule has 0 N–H and O–H groups in total. The number of alkyl halides is 1. The molecule has 0 radical (unpaired) electrons. The fourth-order valence-corrected chi connectivity index (χ4v) is 6.54. The van der Waals surface area contributed by atoms with Crippen molar-refractivity contribution in [2.75, 3.05) is 5.88 Å². The van der Waals surface area contributed by atoms with E-state index >= 15 is 0 Å². The van der Waals surface area contributed by atoms with Crippen molar-refractivity contribution in [2.45, 2.75) is 96.3 Å². The zero-order valence-corrected chi connectivity index (χ0v) is 21.9. The molecule has 34 heavy (non-hydrogen) atoms. The Bertz CT molecular complexity index is 868. The van der Waals surface area contributed by atoms with E-state index < -0.39 is 0 Å². The molecule has 2 aromatic carbocycles. The third-order valence-corrected chi connectivity index (χ3v) is 8.86. The molecule has 0 aromatic heterocycles. The van der Waals surface area contributed by atoms with Crippen LogP contribution < -0.4 is 0 Å². The van der Waals surface area contributed by atoms with Crippen molar-refractivity contribution < 1.29 is 4.79 Å². The van der Waals surface area contributed by atoms with E-state index in [4.69, 9.17) is 11.6 Å². The number of hydrogen-bond acceptors (Lipinski definition) is 1. The van der Waals surface area contributed by atoms with Crippen molar-refractivity contribution in [1.82, 2.24) is 0 Å². The lowest BCUT2D eigenvalue weighted by molar-refractivity contribution is -0.125. The maximum atomic E-state index is 13.0. The first kappa shape index (κ1) is 25.5. The third kappa shape index (κ3) is 6.97. The Balaban J connectivity index is 1.22. The fraction of sp³-hybridized carbons (Fsp3) is 0.594. The number of carbonyl (C=O) groups excluding carboxylic acids is 1. The van der Waals surface area contributed by atoms with Crippen molar-refractivity contribution in [1.29, 1.82) is 0 Å². The molecule has 0 amide bonds. The molecule has 2 aliphatic rings. The summed E-state index contributed by atoms with van der Waals surface area (Å²) in [6, 6.07) is 18.2. The van der Waals surface area contributed by atoms with Gasteiger partial charge in [0.1, 0.15) is 5.78 Å². The lowest BCUT2D eigenvalue weighted by Gasteiger charge is -2.31. The molecular formula is C32H43ClO. The van der Waals surface area contributed by atoms with Crippen molar-refractivity contribution in [2.24, 2.45) is 17.8 Å². The van der Waals surface area contributed by atoms with Crippen molar-refractivity contribution >= 4 is 17.4 Å². The van der Waals surface area contributed by atoms with Crippen LogP contribution in [0, 0.1) is 17.8 Å². The maximum Gasteiger partial charge on any atom is 0.136 e. The standard InChI is InChI=1S/C32H43ClO/c1-2-4-24-10-12-27(13-11-24)28-14-16-29(17-15-28)30-18-20-31(21-19-30)32(34)23-26-8-6-25(7-9-26)5-3-22-33/h10-17,25-26,30-31H,2-9,18-23H2,1H3/t25-,26-,30-,31-. The first-order valence-corrected chi connectivity index (χ1v) is 14.5. The zero-order chi connectivity index (χ0) is 23.8. The van der Waals surface area contributed by atoms with Crippen LogP contribution in [0.25, 0.3) is 11.1 Å². The van der Waals surface area contributed by atoms with Crippen molar-refractivity contribution in [3.05, 3.63) is 59.7 Å². The molecule has 2 heteroatoms. The molecule has 2 saturated carbocycles. The van der Waals surface area contributed by atoms with Gasteiger partial charge in [-0.25, -0.2) is 0 Å². The van der Waals surface area contributed by atoms with Crippen LogP contribution in [0.5, 0.6) is 0 Å². The second kappa shape index (κ2) is 12.9. The van der Waals surface area contributed by atoms with Gasteiger partial charge in [0, 0.05) is 18.2 Å². The molecular weight excluding hydrogens is 436 g/mol. The predicted octanol–water partition coefficient (Wildman–Crippen LogP) is 9.36. The second-order valence-electron chi connectivity index (χ2n) is 11.0. The van der Waals surface area contributed by atoms with Crippen LogP contribution >= 0.6 is 11.6 Å². The number of ketones is 1. The number of hydrogen-bond donors (Lipinski definition) is 0. The SMILES string of the molecule is CCCc1ccc(-c2ccc([C@H]3CC[C@H](C(=O)C[C@H]4CC[C@H](CCCCl)CC4)CC3)cc2)cc1. The average molecular weight is 479 g/mol. The van der Waals surface area contributed by atoms with Crippen LogP contribution in [0.1, 0.15) is 101 Å². The van der Waals surface area contributed by atoms with Gasteiger partial charge in [-0.05, 0) is 97.8 Å². The zero-order valence-electron chi connectivity index (χ0n) is 21.1. The van der Waals surface area contributed by atoms with Gasteiger partial charge >= 0.3 is 0 Å². The molecule has 1 nitrogen and oxygen atoms in total. The summed E-state index contributed by atoms with van der Waals surface area (Å²) in [5.74, 6) is 3.77. The van der Waals surface area contributed by atoms with E-state index in [1.54, 1.807) is 0 Å². The Labute approximate surface area is 212 Å². The molecule has 0 unspecified atom stereocenters. The molecule has 0 heterocycles. The number of aryl methyl sites for hydroxylation is 1. The minimum atomic E-state index is 0.311. The lowest BCUT2D eigenvalue weighted by Crippen LogP contribution is -2.25. The monoisotopic (exact) mass is 478 g/mol. The largest absolute Gasteiger partial charge is 0.299 e. The normalized spacial score (nSPS) is 25.2. The topological polar surface area (TPSA) is 17.1 Å². The Kier molecular flexibility index (Phi) is 9.68. The molecule has 2 fully saturated rings. The second-order valence-corrected chi connectivity index (χ2v) is 11.4. The van der Waals surface area contributed by atoms with Gasteiger partial charge in [0.05, 0.1) is 0 Å². The summed E-state index contributed by atoms with van der Waals surface area (Å²) < 4.78 is 0. The fourth-order valence-electron chi connectivity index (χ4n) is 6.39. The van der Waals surface area contributed by atoms with Gasteiger partial charge in [0.25, 0.3) is 0 Å². The Morgan fingerprint density at radius 3 is 1.97 bits per heavy atom. The molecule has 0 bridgehead atoms. The van der Waals surface area contributed by atoms with Crippen LogP contribution in [0.4, 0.5) is 0 Å². The Hall–Kier alpha value is -1.60. The minimum absolute atomic E-state index is 0.311. The Morgan fingerprint density at radius 2 is 1.38 bits per heavy atom. The van der Waals surface area contributed by atoms with E-state index in [9.17, 15) is 4.79 Å². The first-order chi connectivity index (χ1) is 16.7. The summed E-state index contributed by atoms with van der Waals surface area (Å²) in [6.07, 6.45) is 15.2. The quantitative estimate of drug-likeness (QED) is 0.311. The smallest absolute Gasteiger partial charge is 0.136 e. The summed E-state index contributed by atoms with van der Waals surface area (Å²) in [6.45, 7) is 2.23. The van der Waals surface area contributed by atoms with Crippen LogP contribution in [0.15, 0.2) is 48.5 Å². The van der Waals surface area contributed by atoms with Gasteiger partial charge in [-0.3, -0.25) is 4.79 Å². The summed E-state index contributed by atoms with van der Waals surface area (Å²) >= 11 is 5.85. The number of carbonyl (C=O) groups is 1. The van der Waals surface area contributed by atoms with Gasteiger partial charge in [0.15, 0.2) is 0 Å². The molecule has 0 saturated heterocycles. The minimum Gasteiger partial charge on any atom is -0.299 e. The van der Waals surface area contributed by atoms with Crippen molar-refractivity contribution in [3.63, 3.8) is 0 Å². The molecule has 0 atom stereocenters. The van der Waals surface area contributed by atoms with Gasteiger partial charge in [-0.2, -0.15) is 0 Å². The molecule has 4 rings (SSSR count). The number of benzene rings is 2. The third-order valence-electron chi connectivity index (χ3n) is 8.59. The number of Topliss-reactive ketones (excluding diaryl/α,β-unsaturated/α-hetero) is 1. The highest BCUT2D eigenvalue weighted by molar-refractivity contribution is 6.17. The Morgan fingerprint density at radius 1 is 0.794 bits per heavy atom. The van der Waals surface area contributed by atoms with Crippen LogP contribution in [0.3, 0.4) is 0 Å². The molecule has 184 valence electrons.